The molecule has 0 bridgehead atoms. The molecule has 2 aromatic rings. The van der Waals surface area contributed by atoms with E-state index in [1.165, 1.54) is 6.33 Å². The van der Waals surface area contributed by atoms with Crippen molar-refractivity contribution in [3.8, 4) is 0 Å². The van der Waals surface area contributed by atoms with Crippen LogP contribution in [-0.2, 0) is 0 Å². The van der Waals surface area contributed by atoms with Crippen molar-refractivity contribution in [1.29, 1.82) is 0 Å². The van der Waals surface area contributed by atoms with E-state index < -0.39 is 0 Å². The molecule has 6 nitrogen and oxygen atoms in total. The number of aromatic nitrogens is 3. The summed E-state index contributed by atoms with van der Waals surface area (Å²) in [6.07, 6.45) is 3.25. The van der Waals surface area contributed by atoms with E-state index in [0.717, 1.165) is 32.0 Å². The molecule has 0 saturated carbocycles. The van der Waals surface area contributed by atoms with E-state index in [2.05, 4.69) is 24.8 Å². The average Bonchev–Trinajstić information content (AvgIpc) is 2.51. The Balaban J connectivity index is 1.71. The fourth-order valence-corrected chi connectivity index (χ4v) is 2.43. The van der Waals surface area contributed by atoms with Gasteiger partial charge in [0.15, 0.2) is 11.0 Å². The second kappa shape index (κ2) is 5.50. The number of rotatable bonds is 2. The van der Waals surface area contributed by atoms with Gasteiger partial charge in [-0.1, -0.05) is 17.7 Å². The highest BCUT2D eigenvalue weighted by Gasteiger charge is 2.21. The van der Waals surface area contributed by atoms with E-state index in [0.29, 0.717) is 16.7 Å². The summed E-state index contributed by atoms with van der Waals surface area (Å²) < 4.78 is 0. The minimum atomic E-state index is 0.308. The van der Waals surface area contributed by atoms with E-state index in [4.69, 9.17) is 17.3 Å². The van der Waals surface area contributed by atoms with Crippen molar-refractivity contribution in [3.05, 3.63) is 35.9 Å². The number of pyridine rings is 1. The smallest absolute Gasteiger partial charge is 0.157 e. The lowest BCUT2D eigenvalue weighted by atomic mass is 10.3. The molecule has 20 heavy (non-hydrogen) atoms. The van der Waals surface area contributed by atoms with Crippen molar-refractivity contribution < 1.29 is 0 Å². The van der Waals surface area contributed by atoms with Crippen LogP contribution in [0.15, 0.2) is 30.7 Å². The molecule has 0 atom stereocenters. The van der Waals surface area contributed by atoms with Crippen LogP contribution in [0.25, 0.3) is 0 Å². The Morgan fingerprint density at radius 3 is 2.45 bits per heavy atom. The molecule has 1 aliphatic heterocycles. The third kappa shape index (κ3) is 2.46. The first kappa shape index (κ1) is 12.9. The van der Waals surface area contributed by atoms with Crippen molar-refractivity contribution in [1.82, 2.24) is 15.0 Å². The summed E-state index contributed by atoms with van der Waals surface area (Å²) in [7, 11) is 0. The van der Waals surface area contributed by atoms with Crippen molar-refractivity contribution in [2.45, 2.75) is 0 Å². The quantitative estimate of drug-likeness (QED) is 0.844. The molecular formula is C13H15ClN6. The number of nitrogens with zero attached hydrogens (tertiary/aromatic N) is 5. The van der Waals surface area contributed by atoms with Gasteiger partial charge >= 0.3 is 0 Å². The molecule has 1 fully saturated rings. The van der Waals surface area contributed by atoms with Gasteiger partial charge in [-0.25, -0.2) is 15.0 Å². The lowest BCUT2D eigenvalue weighted by Crippen LogP contribution is -2.47. The van der Waals surface area contributed by atoms with Crippen molar-refractivity contribution in [3.63, 3.8) is 0 Å². The second-order valence-electron chi connectivity index (χ2n) is 4.56. The Morgan fingerprint density at radius 1 is 1.00 bits per heavy atom. The monoisotopic (exact) mass is 290 g/mol. The highest BCUT2D eigenvalue weighted by molar-refractivity contribution is 6.32. The second-order valence-corrected chi connectivity index (χ2v) is 4.92. The summed E-state index contributed by atoms with van der Waals surface area (Å²) >= 11 is 5.93. The summed E-state index contributed by atoms with van der Waals surface area (Å²) in [6.45, 7) is 3.40. The summed E-state index contributed by atoms with van der Waals surface area (Å²) in [5, 5.41) is 0.308. The number of nitrogen functional groups attached to an aromatic ring is 1. The average molecular weight is 291 g/mol. The molecular weight excluding hydrogens is 276 g/mol. The van der Waals surface area contributed by atoms with Crippen molar-refractivity contribution in [2.24, 2.45) is 0 Å². The molecule has 0 aliphatic carbocycles. The zero-order chi connectivity index (χ0) is 13.9. The van der Waals surface area contributed by atoms with Gasteiger partial charge in [0.25, 0.3) is 0 Å². The van der Waals surface area contributed by atoms with Crippen LogP contribution >= 0.6 is 11.6 Å². The van der Waals surface area contributed by atoms with Crippen LogP contribution in [0.2, 0.25) is 5.15 Å². The SMILES string of the molecule is Nc1c(Cl)ncnc1N1CCN(c2ccccn2)CC1. The van der Waals surface area contributed by atoms with E-state index in [1.807, 2.05) is 24.4 Å². The maximum absolute atomic E-state index is 5.93. The molecule has 0 radical (unpaired) electrons. The largest absolute Gasteiger partial charge is 0.393 e. The van der Waals surface area contributed by atoms with Crippen LogP contribution in [0.5, 0.6) is 0 Å². The topological polar surface area (TPSA) is 71.2 Å². The molecule has 3 rings (SSSR count). The maximum Gasteiger partial charge on any atom is 0.157 e. The highest BCUT2D eigenvalue weighted by Crippen LogP contribution is 2.26. The van der Waals surface area contributed by atoms with Crippen LogP contribution in [0.4, 0.5) is 17.3 Å². The third-order valence-electron chi connectivity index (χ3n) is 3.37. The standard InChI is InChI=1S/C13H15ClN6/c14-12-11(15)13(18-9-17-12)20-7-5-19(6-8-20)10-3-1-2-4-16-10/h1-4,9H,5-8,15H2. The number of hydrogen-bond donors (Lipinski definition) is 1. The Kier molecular flexibility index (Phi) is 3.56. The van der Waals surface area contributed by atoms with E-state index >= 15 is 0 Å². The third-order valence-corrected chi connectivity index (χ3v) is 3.67. The molecule has 2 N–H and O–H groups in total. The first-order valence-electron chi connectivity index (χ1n) is 6.42. The molecule has 0 amide bonds. The summed E-state index contributed by atoms with van der Waals surface area (Å²) in [5.74, 6) is 1.71. The van der Waals surface area contributed by atoms with Gasteiger partial charge in [-0.05, 0) is 12.1 Å². The molecule has 0 aromatic carbocycles. The molecule has 3 heterocycles. The van der Waals surface area contributed by atoms with Gasteiger partial charge in [-0.3, -0.25) is 0 Å². The normalized spacial score (nSPS) is 15.4. The van der Waals surface area contributed by atoms with Gasteiger partial charge in [0, 0.05) is 32.4 Å². The fraction of sp³-hybridized carbons (Fsp3) is 0.308. The van der Waals surface area contributed by atoms with E-state index in [9.17, 15) is 0 Å². The molecule has 0 spiro atoms. The predicted octanol–water partition coefficient (Wildman–Crippen LogP) is 1.43. The van der Waals surface area contributed by atoms with Crippen molar-refractivity contribution >= 4 is 28.9 Å². The number of halogens is 1. The summed E-state index contributed by atoms with van der Waals surface area (Å²) in [5.41, 5.74) is 6.38. The van der Waals surface area contributed by atoms with Gasteiger partial charge < -0.3 is 15.5 Å². The summed E-state index contributed by atoms with van der Waals surface area (Å²) in [4.78, 5) is 16.9. The number of piperazine rings is 1. The van der Waals surface area contributed by atoms with Crippen LogP contribution < -0.4 is 15.5 Å². The molecule has 1 saturated heterocycles. The lowest BCUT2D eigenvalue weighted by molar-refractivity contribution is 0.642. The number of nitrogens with two attached hydrogens (primary N) is 1. The zero-order valence-electron chi connectivity index (χ0n) is 10.9. The van der Waals surface area contributed by atoms with Crippen molar-refractivity contribution in [2.75, 3.05) is 41.7 Å². The number of anilines is 3. The van der Waals surface area contributed by atoms with Gasteiger partial charge in [0.2, 0.25) is 0 Å². The maximum atomic E-state index is 5.93. The molecule has 7 heteroatoms. The minimum Gasteiger partial charge on any atom is -0.393 e. The van der Waals surface area contributed by atoms with Crippen LogP contribution in [0.1, 0.15) is 0 Å². The molecule has 104 valence electrons. The molecule has 1 aliphatic rings. The van der Waals surface area contributed by atoms with Crippen LogP contribution in [0.3, 0.4) is 0 Å². The Morgan fingerprint density at radius 2 is 1.75 bits per heavy atom. The first-order chi connectivity index (χ1) is 9.75. The molecule has 0 unspecified atom stereocenters. The highest BCUT2D eigenvalue weighted by atomic mass is 35.5. The number of hydrogen-bond acceptors (Lipinski definition) is 6. The van der Waals surface area contributed by atoms with Gasteiger partial charge in [-0.15, -0.1) is 0 Å². The Bertz CT molecular complexity index is 583. The van der Waals surface area contributed by atoms with Crippen LogP contribution in [0, 0.1) is 0 Å². The minimum absolute atomic E-state index is 0.308. The fourth-order valence-electron chi connectivity index (χ4n) is 2.31. The summed E-state index contributed by atoms with van der Waals surface area (Å²) in [6, 6.07) is 5.94. The van der Waals surface area contributed by atoms with E-state index in [-0.39, 0.29) is 0 Å². The van der Waals surface area contributed by atoms with Gasteiger partial charge in [0.05, 0.1) is 0 Å². The van der Waals surface area contributed by atoms with Crippen LogP contribution in [-0.4, -0.2) is 41.1 Å². The Labute approximate surface area is 122 Å². The zero-order valence-corrected chi connectivity index (χ0v) is 11.7. The molecule has 2 aromatic heterocycles. The van der Waals surface area contributed by atoms with Gasteiger partial charge in [0.1, 0.15) is 17.8 Å². The lowest BCUT2D eigenvalue weighted by Gasteiger charge is -2.36. The Hall–Kier alpha value is -2.08. The predicted molar refractivity (Wildman–Crippen MR) is 80.1 cm³/mol. The first-order valence-corrected chi connectivity index (χ1v) is 6.80. The van der Waals surface area contributed by atoms with E-state index in [1.54, 1.807) is 0 Å². The van der Waals surface area contributed by atoms with Gasteiger partial charge in [-0.2, -0.15) is 0 Å².